The Kier molecular flexibility index (Phi) is 5.50. The van der Waals surface area contributed by atoms with E-state index in [1.54, 1.807) is 30.3 Å². The van der Waals surface area contributed by atoms with E-state index in [0.717, 1.165) is 0 Å². The molecule has 0 unspecified atom stereocenters. The van der Waals surface area contributed by atoms with Crippen LogP contribution in [0, 0.1) is 5.92 Å². The third kappa shape index (κ3) is 5.85. The highest BCUT2D eigenvalue weighted by Gasteiger charge is 2.24. The minimum absolute atomic E-state index is 0.0977. The van der Waals surface area contributed by atoms with Crippen LogP contribution in [-0.2, 0) is 20.6 Å². The first-order chi connectivity index (χ1) is 8.80. The number of rotatable bonds is 7. The van der Waals surface area contributed by atoms with E-state index in [2.05, 4.69) is 4.72 Å². The van der Waals surface area contributed by atoms with E-state index < -0.39 is 22.0 Å². The van der Waals surface area contributed by atoms with Crippen LogP contribution in [0.3, 0.4) is 0 Å². The molecule has 6 heteroatoms. The summed E-state index contributed by atoms with van der Waals surface area (Å²) in [6.07, 6.45) is 0.267. The summed E-state index contributed by atoms with van der Waals surface area (Å²) in [4.78, 5) is 11.0. The standard InChI is InChI=1S/C13H19NO4S/c1-10(2)8-12(13(15)16)14-19(17,18)9-11-6-4-3-5-7-11/h3-7,10,12,14H,8-9H2,1-2H3,(H,15,16)/t12-/m0/s1. The smallest absolute Gasteiger partial charge is 0.321 e. The third-order valence-electron chi connectivity index (χ3n) is 2.53. The van der Waals surface area contributed by atoms with Crippen molar-refractivity contribution in [3.8, 4) is 0 Å². The molecule has 1 rings (SSSR count). The Bertz CT molecular complexity index is 511. The zero-order valence-corrected chi connectivity index (χ0v) is 11.9. The van der Waals surface area contributed by atoms with Gasteiger partial charge in [0.25, 0.3) is 0 Å². The molecule has 1 atom stereocenters. The lowest BCUT2D eigenvalue weighted by Crippen LogP contribution is -2.42. The van der Waals surface area contributed by atoms with Crippen LogP contribution in [0.15, 0.2) is 30.3 Å². The van der Waals surface area contributed by atoms with Crippen molar-refractivity contribution in [2.24, 2.45) is 5.92 Å². The SMILES string of the molecule is CC(C)C[C@H](NS(=O)(=O)Cc1ccccc1)C(=O)O. The summed E-state index contributed by atoms with van der Waals surface area (Å²) in [6, 6.07) is 7.59. The van der Waals surface area contributed by atoms with Gasteiger partial charge in [-0.3, -0.25) is 4.79 Å². The Morgan fingerprint density at radius 1 is 1.26 bits per heavy atom. The second kappa shape index (κ2) is 6.68. The molecule has 1 aromatic rings. The van der Waals surface area contributed by atoms with Gasteiger partial charge in [0.05, 0.1) is 5.75 Å². The molecule has 19 heavy (non-hydrogen) atoms. The molecule has 0 bridgehead atoms. The fourth-order valence-corrected chi connectivity index (χ4v) is 3.07. The molecule has 5 nitrogen and oxygen atoms in total. The molecule has 0 aliphatic heterocycles. The van der Waals surface area contributed by atoms with Crippen LogP contribution in [0.4, 0.5) is 0 Å². The Morgan fingerprint density at radius 3 is 2.32 bits per heavy atom. The van der Waals surface area contributed by atoms with Gasteiger partial charge < -0.3 is 5.11 Å². The molecule has 2 N–H and O–H groups in total. The molecule has 106 valence electrons. The van der Waals surface area contributed by atoms with Crippen LogP contribution < -0.4 is 4.72 Å². The molecule has 0 spiro atoms. The van der Waals surface area contributed by atoms with Gasteiger partial charge in [-0.05, 0) is 17.9 Å². The Hall–Kier alpha value is -1.40. The van der Waals surface area contributed by atoms with Gasteiger partial charge in [-0.15, -0.1) is 0 Å². The number of carboxylic acids is 1. The van der Waals surface area contributed by atoms with Crippen molar-refractivity contribution in [3.05, 3.63) is 35.9 Å². The molecule has 0 saturated heterocycles. The summed E-state index contributed by atoms with van der Waals surface area (Å²) < 4.78 is 26.1. The fourth-order valence-electron chi connectivity index (χ4n) is 1.72. The predicted octanol–water partition coefficient (Wildman–Crippen LogP) is 1.61. The Balaban J connectivity index is 2.74. The van der Waals surface area contributed by atoms with Gasteiger partial charge in [-0.2, -0.15) is 0 Å². The molecular weight excluding hydrogens is 266 g/mol. The predicted molar refractivity (Wildman–Crippen MR) is 73.1 cm³/mol. The summed E-state index contributed by atoms with van der Waals surface area (Å²) in [5.41, 5.74) is 0.628. The molecule has 0 amide bonds. The zero-order valence-electron chi connectivity index (χ0n) is 11.0. The van der Waals surface area contributed by atoms with E-state index in [1.165, 1.54) is 0 Å². The van der Waals surface area contributed by atoms with E-state index in [1.807, 2.05) is 13.8 Å². The van der Waals surface area contributed by atoms with Crippen LogP contribution in [0.1, 0.15) is 25.8 Å². The zero-order chi connectivity index (χ0) is 14.5. The van der Waals surface area contributed by atoms with E-state index >= 15 is 0 Å². The molecular formula is C13H19NO4S. The van der Waals surface area contributed by atoms with Crippen molar-refractivity contribution in [1.82, 2.24) is 4.72 Å². The van der Waals surface area contributed by atoms with Gasteiger partial charge in [-0.25, -0.2) is 13.1 Å². The highest BCUT2D eigenvalue weighted by molar-refractivity contribution is 7.88. The number of carboxylic acid groups (broad SMARTS) is 1. The van der Waals surface area contributed by atoms with Gasteiger partial charge in [0.1, 0.15) is 6.04 Å². The molecule has 0 radical (unpaired) electrons. The lowest BCUT2D eigenvalue weighted by atomic mass is 10.1. The lowest BCUT2D eigenvalue weighted by molar-refractivity contribution is -0.139. The average Bonchev–Trinajstić information content (AvgIpc) is 2.27. The monoisotopic (exact) mass is 285 g/mol. The number of hydrogen-bond acceptors (Lipinski definition) is 3. The van der Waals surface area contributed by atoms with Crippen molar-refractivity contribution in [2.75, 3.05) is 0 Å². The number of carbonyl (C=O) groups is 1. The quantitative estimate of drug-likeness (QED) is 0.797. The molecule has 0 aliphatic rings. The summed E-state index contributed by atoms with van der Waals surface area (Å²) >= 11 is 0. The molecule has 0 fully saturated rings. The molecule has 0 aromatic heterocycles. The van der Waals surface area contributed by atoms with E-state index in [4.69, 9.17) is 5.11 Å². The van der Waals surface area contributed by atoms with Crippen LogP contribution in [0.25, 0.3) is 0 Å². The van der Waals surface area contributed by atoms with E-state index in [0.29, 0.717) is 5.56 Å². The number of hydrogen-bond donors (Lipinski definition) is 2. The number of sulfonamides is 1. The molecule has 1 aromatic carbocycles. The van der Waals surface area contributed by atoms with Crippen LogP contribution >= 0.6 is 0 Å². The van der Waals surface area contributed by atoms with Crippen molar-refractivity contribution < 1.29 is 18.3 Å². The molecule has 0 heterocycles. The molecule has 0 saturated carbocycles. The third-order valence-corrected chi connectivity index (χ3v) is 3.88. The van der Waals surface area contributed by atoms with E-state index in [-0.39, 0.29) is 18.1 Å². The summed E-state index contributed by atoms with van der Waals surface area (Å²) in [7, 11) is -3.66. The number of aliphatic carboxylic acids is 1. The van der Waals surface area contributed by atoms with Gasteiger partial charge >= 0.3 is 5.97 Å². The number of nitrogens with one attached hydrogen (secondary N) is 1. The maximum atomic E-state index is 11.9. The van der Waals surface area contributed by atoms with Crippen LogP contribution in [-0.4, -0.2) is 25.5 Å². The lowest BCUT2D eigenvalue weighted by Gasteiger charge is -2.16. The van der Waals surface area contributed by atoms with Gasteiger partial charge in [0.2, 0.25) is 10.0 Å². The highest BCUT2D eigenvalue weighted by Crippen LogP contribution is 2.09. The van der Waals surface area contributed by atoms with E-state index in [9.17, 15) is 13.2 Å². The summed E-state index contributed by atoms with van der Waals surface area (Å²) in [6.45, 7) is 3.70. The van der Waals surface area contributed by atoms with Crippen molar-refractivity contribution in [3.63, 3.8) is 0 Å². The molecule has 0 aliphatic carbocycles. The van der Waals surface area contributed by atoms with Crippen molar-refractivity contribution >= 4 is 16.0 Å². The van der Waals surface area contributed by atoms with Crippen molar-refractivity contribution in [2.45, 2.75) is 32.1 Å². The maximum absolute atomic E-state index is 11.9. The minimum atomic E-state index is -3.66. The summed E-state index contributed by atoms with van der Waals surface area (Å²) in [5.74, 6) is -1.26. The number of benzene rings is 1. The van der Waals surface area contributed by atoms with Gasteiger partial charge in [0, 0.05) is 0 Å². The largest absolute Gasteiger partial charge is 0.480 e. The van der Waals surface area contributed by atoms with Gasteiger partial charge in [0.15, 0.2) is 0 Å². The topological polar surface area (TPSA) is 83.5 Å². The fraction of sp³-hybridized carbons (Fsp3) is 0.462. The first-order valence-electron chi connectivity index (χ1n) is 6.07. The Labute approximate surface area is 113 Å². The first-order valence-corrected chi connectivity index (χ1v) is 7.72. The van der Waals surface area contributed by atoms with Crippen LogP contribution in [0.5, 0.6) is 0 Å². The van der Waals surface area contributed by atoms with Crippen molar-refractivity contribution in [1.29, 1.82) is 0 Å². The second-order valence-electron chi connectivity index (χ2n) is 4.88. The summed E-state index contributed by atoms with van der Waals surface area (Å²) in [5, 5.41) is 9.02. The first kappa shape index (κ1) is 15.7. The highest BCUT2D eigenvalue weighted by atomic mass is 32.2. The second-order valence-corrected chi connectivity index (χ2v) is 6.64. The van der Waals surface area contributed by atoms with Crippen LogP contribution in [0.2, 0.25) is 0 Å². The minimum Gasteiger partial charge on any atom is -0.480 e. The Morgan fingerprint density at radius 2 is 1.84 bits per heavy atom. The average molecular weight is 285 g/mol. The normalized spacial score (nSPS) is 13.4. The van der Waals surface area contributed by atoms with Gasteiger partial charge in [-0.1, -0.05) is 44.2 Å². The maximum Gasteiger partial charge on any atom is 0.321 e.